The van der Waals surface area contributed by atoms with Crippen LogP contribution in [0.15, 0.2) is 12.3 Å². The van der Waals surface area contributed by atoms with E-state index in [4.69, 9.17) is 0 Å². The predicted octanol–water partition coefficient (Wildman–Crippen LogP) is 2.92. The molecule has 2 N–H and O–H groups in total. The largest absolute Gasteiger partial charge is 0.419 e. The predicted molar refractivity (Wildman–Crippen MR) is 80.6 cm³/mol. The van der Waals surface area contributed by atoms with Gasteiger partial charge in [-0.15, -0.1) is 0 Å². The normalized spacial score (nSPS) is 25.9. The Morgan fingerprint density at radius 1 is 1.33 bits per heavy atom. The average Bonchev–Trinajstić information content (AvgIpc) is 3.15. The SMILES string of the molecule is O=C(Nc1ccnn1C1CCCCC1)N1CC[C@](O)(C(F)(F)F)C1. The summed E-state index contributed by atoms with van der Waals surface area (Å²) >= 11 is 0. The number of nitrogens with one attached hydrogen (secondary N) is 1. The van der Waals surface area contributed by atoms with E-state index in [0.717, 1.165) is 30.6 Å². The second-order valence-corrected chi connectivity index (χ2v) is 6.58. The summed E-state index contributed by atoms with van der Waals surface area (Å²) in [6.07, 6.45) is 1.65. The lowest BCUT2D eigenvalue weighted by molar-refractivity contribution is -0.253. The number of likely N-dealkylation sites (tertiary alicyclic amines) is 1. The number of amides is 2. The van der Waals surface area contributed by atoms with Crippen LogP contribution in [0.3, 0.4) is 0 Å². The molecule has 1 aliphatic carbocycles. The van der Waals surface area contributed by atoms with Crippen molar-refractivity contribution in [2.45, 2.75) is 56.3 Å². The van der Waals surface area contributed by atoms with Crippen LogP contribution < -0.4 is 5.32 Å². The Labute approximate surface area is 137 Å². The zero-order valence-corrected chi connectivity index (χ0v) is 13.2. The number of urea groups is 1. The van der Waals surface area contributed by atoms with Gasteiger partial charge in [0.2, 0.25) is 0 Å². The molecule has 1 aliphatic heterocycles. The van der Waals surface area contributed by atoms with Crippen molar-refractivity contribution in [3.63, 3.8) is 0 Å². The van der Waals surface area contributed by atoms with Gasteiger partial charge in [0.25, 0.3) is 0 Å². The van der Waals surface area contributed by atoms with E-state index in [1.807, 2.05) is 0 Å². The van der Waals surface area contributed by atoms with Crippen molar-refractivity contribution >= 4 is 11.8 Å². The van der Waals surface area contributed by atoms with Gasteiger partial charge in [0.1, 0.15) is 5.82 Å². The highest BCUT2D eigenvalue weighted by atomic mass is 19.4. The highest BCUT2D eigenvalue weighted by Crippen LogP contribution is 2.38. The molecule has 6 nitrogen and oxygen atoms in total. The molecule has 1 aromatic rings. The first kappa shape index (κ1) is 17.1. The minimum atomic E-state index is -4.74. The molecular formula is C15H21F3N4O2. The standard InChI is InChI=1S/C15H21F3N4O2/c16-15(17,18)14(24)7-9-21(10-14)13(23)20-12-6-8-19-22(12)11-4-2-1-3-5-11/h6,8,11,24H,1-5,7,9-10H2,(H,20,23)/t14-/m1/s1. The van der Waals surface area contributed by atoms with Crippen molar-refractivity contribution in [3.05, 3.63) is 12.3 Å². The molecule has 1 saturated carbocycles. The monoisotopic (exact) mass is 346 g/mol. The first-order valence-corrected chi connectivity index (χ1v) is 8.19. The molecule has 134 valence electrons. The first-order valence-electron chi connectivity index (χ1n) is 8.19. The van der Waals surface area contributed by atoms with Gasteiger partial charge in [-0.05, 0) is 12.8 Å². The smallest absolute Gasteiger partial charge is 0.379 e. The zero-order valence-electron chi connectivity index (χ0n) is 13.2. The topological polar surface area (TPSA) is 70.4 Å². The molecule has 2 heterocycles. The van der Waals surface area contributed by atoms with Gasteiger partial charge in [-0.1, -0.05) is 19.3 Å². The summed E-state index contributed by atoms with van der Waals surface area (Å²) in [5.74, 6) is 0.481. The van der Waals surface area contributed by atoms with Gasteiger partial charge >= 0.3 is 12.2 Å². The maximum Gasteiger partial charge on any atom is 0.419 e. The Morgan fingerprint density at radius 3 is 2.67 bits per heavy atom. The van der Waals surface area contributed by atoms with Crippen LogP contribution in [-0.2, 0) is 0 Å². The summed E-state index contributed by atoms with van der Waals surface area (Å²) in [7, 11) is 0. The molecule has 2 amide bonds. The fourth-order valence-corrected chi connectivity index (χ4v) is 3.42. The van der Waals surface area contributed by atoms with Crippen LogP contribution >= 0.6 is 0 Å². The number of nitrogens with zero attached hydrogens (tertiary/aromatic N) is 3. The molecule has 1 aromatic heterocycles. The Balaban J connectivity index is 1.65. The number of alkyl halides is 3. The molecule has 24 heavy (non-hydrogen) atoms. The number of hydrogen-bond acceptors (Lipinski definition) is 3. The molecule has 2 aliphatic rings. The Morgan fingerprint density at radius 2 is 2.04 bits per heavy atom. The van der Waals surface area contributed by atoms with Crippen LogP contribution in [0.2, 0.25) is 0 Å². The fourth-order valence-electron chi connectivity index (χ4n) is 3.42. The first-order chi connectivity index (χ1) is 11.3. The number of carbonyl (C=O) groups excluding carboxylic acids is 1. The van der Waals surface area contributed by atoms with Crippen molar-refractivity contribution in [3.8, 4) is 0 Å². The highest BCUT2D eigenvalue weighted by molar-refractivity contribution is 5.88. The number of aliphatic hydroxyl groups is 1. The summed E-state index contributed by atoms with van der Waals surface area (Å²) in [5, 5.41) is 16.5. The van der Waals surface area contributed by atoms with Crippen molar-refractivity contribution in [2.75, 3.05) is 18.4 Å². The number of halogens is 3. The van der Waals surface area contributed by atoms with Crippen LogP contribution in [0.25, 0.3) is 0 Å². The van der Waals surface area contributed by atoms with Crippen LogP contribution in [0, 0.1) is 0 Å². The third-order valence-corrected chi connectivity index (χ3v) is 4.89. The molecule has 3 rings (SSSR count). The summed E-state index contributed by atoms with van der Waals surface area (Å²) < 4.78 is 40.3. The van der Waals surface area contributed by atoms with Crippen molar-refractivity contribution in [2.24, 2.45) is 0 Å². The summed E-state index contributed by atoms with van der Waals surface area (Å²) in [6, 6.07) is 1.20. The molecule has 0 radical (unpaired) electrons. The number of hydrogen-bond donors (Lipinski definition) is 2. The third kappa shape index (κ3) is 3.22. The second kappa shape index (κ2) is 6.27. The van der Waals surface area contributed by atoms with Gasteiger partial charge in [0.15, 0.2) is 5.60 Å². The van der Waals surface area contributed by atoms with E-state index in [1.165, 1.54) is 6.42 Å². The molecule has 0 spiro atoms. The van der Waals surface area contributed by atoms with Gasteiger partial charge < -0.3 is 10.0 Å². The molecule has 0 bridgehead atoms. The summed E-state index contributed by atoms with van der Waals surface area (Å²) in [6.45, 7) is -0.890. The number of rotatable bonds is 2. The fraction of sp³-hybridized carbons (Fsp3) is 0.733. The van der Waals surface area contributed by atoms with Crippen LogP contribution in [0.1, 0.15) is 44.6 Å². The van der Waals surface area contributed by atoms with E-state index in [9.17, 15) is 23.1 Å². The molecular weight excluding hydrogens is 325 g/mol. The van der Waals surface area contributed by atoms with Gasteiger partial charge in [-0.3, -0.25) is 5.32 Å². The lowest BCUT2D eigenvalue weighted by atomic mass is 9.96. The minimum absolute atomic E-state index is 0.139. The van der Waals surface area contributed by atoms with E-state index >= 15 is 0 Å². The van der Waals surface area contributed by atoms with Crippen LogP contribution in [0.4, 0.5) is 23.8 Å². The number of β-amino-alcohol motifs (C(OH)–C–C–N with tert-alkyl or cyclic N) is 1. The van der Waals surface area contributed by atoms with Crippen molar-refractivity contribution < 1.29 is 23.1 Å². The third-order valence-electron chi connectivity index (χ3n) is 4.89. The van der Waals surface area contributed by atoms with Crippen molar-refractivity contribution in [1.29, 1.82) is 0 Å². The quantitative estimate of drug-likeness (QED) is 0.865. The van der Waals surface area contributed by atoms with E-state index in [1.54, 1.807) is 16.9 Å². The maximum atomic E-state index is 12.8. The summed E-state index contributed by atoms with van der Waals surface area (Å²) in [4.78, 5) is 13.2. The maximum absolute atomic E-state index is 12.8. The van der Waals surface area contributed by atoms with Crippen LogP contribution in [0.5, 0.6) is 0 Å². The molecule has 1 atom stereocenters. The summed E-state index contributed by atoms with van der Waals surface area (Å²) in [5.41, 5.74) is -2.83. The van der Waals surface area contributed by atoms with E-state index < -0.39 is 30.8 Å². The molecule has 9 heteroatoms. The van der Waals surface area contributed by atoms with Gasteiger partial charge in [-0.25, -0.2) is 9.48 Å². The van der Waals surface area contributed by atoms with E-state index in [-0.39, 0.29) is 12.6 Å². The Bertz CT molecular complexity index is 598. The van der Waals surface area contributed by atoms with Crippen LogP contribution in [-0.4, -0.2) is 50.7 Å². The van der Waals surface area contributed by atoms with Gasteiger partial charge in [0, 0.05) is 19.0 Å². The minimum Gasteiger partial charge on any atom is -0.379 e. The molecule has 1 saturated heterocycles. The molecule has 0 unspecified atom stereocenters. The number of aromatic nitrogens is 2. The average molecular weight is 346 g/mol. The molecule has 0 aromatic carbocycles. The van der Waals surface area contributed by atoms with E-state index in [0.29, 0.717) is 5.82 Å². The number of carbonyl (C=O) groups is 1. The lowest BCUT2D eigenvalue weighted by Crippen LogP contribution is -2.48. The number of anilines is 1. The Kier molecular flexibility index (Phi) is 4.46. The van der Waals surface area contributed by atoms with Gasteiger partial charge in [0.05, 0.1) is 18.8 Å². The lowest BCUT2D eigenvalue weighted by Gasteiger charge is -2.26. The highest BCUT2D eigenvalue weighted by Gasteiger charge is 2.57. The Hall–Kier alpha value is -1.77. The second-order valence-electron chi connectivity index (χ2n) is 6.58. The molecule has 2 fully saturated rings. The zero-order chi connectivity index (χ0) is 17.4. The van der Waals surface area contributed by atoms with Crippen molar-refractivity contribution in [1.82, 2.24) is 14.7 Å². The van der Waals surface area contributed by atoms with Gasteiger partial charge in [-0.2, -0.15) is 18.3 Å². The van der Waals surface area contributed by atoms with E-state index in [2.05, 4.69) is 10.4 Å².